The van der Waals surface area contributed by atoms with Crippen molar-refractivity contribution in [3.8, 4) is 0 Å². The summed E-state index contributed by atoms with van der Waals surface area (Å²) in [5.74, 6) is 0.688. The smallest absolute Gasteiger partial charge is 0.178 e. The first-order chi connectivity index (χ1) is 7.53. The van der Waals surface area contributed by atoms with Crippen LogP contribution in [0.25, 0.3) is 0 Å². The summed E-state index contributed by atoms with van der Waals surface area (Å²) in [6, 6.07) is 5.22. The van der Waals surface area contributed by atoms with Crippen molar-refractivity contribution in [3.05, 3.63) is 29.3 Å². The predicted molar refractivity (Wildman–Crippen MR) is 63.8 cm³/mol. The monoisotopic (exact) mass is 239 g/mol. The lowest BCUT2D eigenvalue weighted by molar-refractivity contribution is 0.592. The molecule has 16 heavy (non-hydrogen) atoms. The van der Waals surface area contributed by atoms with Gasteiger partial charge in [-0.25, -0.2) is 8.42 Å². The van der Waals surface area contributed by atoms with Crippen molar-refractivity contribution in [1.82, 2.24) is 0 Å². The Morgan fingerprint density at radius 1 is 1.38 bits per heavy atom. The van der Waals surface area contributed by atoms with E-state index in [0.29, 0.717) is 23.1 Å². The molecule has 0 unspecified atom stereocenters. The normalized spacial score (nSPS) is 16.4. The van der Waals surface area contributed by atoms with E-state index in [1.54, 1.807) is 12.1 Å². The molecule has 0 aromatic heterocycles. The van der Waals surface area contributed by atoms with Crippen molar-refractivity contribution in [2.45, 2.75) is 31.2 Å². The van der Waals surface area contributed by atoms with Gasteiger partial charge in [0.2, 0.25) is 0 Å². The van der Waals surface area contributed by atoms with Gasteiger partial charge in [-0.1, -0.05) is 6.07 Å². The molecule has 88 valence electrons. The van der Waals surface area contributed by atoms with Crippen molar-refractivity contribution in [2.75, 3.05) is 5.75 Å². The Morgan fingerprint density at radius 2 is 2.06 bits per heavy atom. The van der Waals surface area contributed by atoms with Gasteiger partial charge in [0.15, 0.2) is 9.84 Å². The third-order valence-corrected chi connectivity index (χ3v) is 4.93. The Morgan fingerprint density at radius 3 is 2.56 bits per heavy atom. The van der Waals surface area contributed by atoms with Crippen molar-refractivity contribution in [3.63, 3.8) is 0 Å². The van der Waals surface area contributed by atoms with Crippen LogP contribution in [0.15, 0.2) is 23.1 Å². The Labute approximate surface area is 96.6 Å². The SMILES string of the molecule is Cc1cc(S(=O)(=O)CC2CC2)ccc1CN. The van der Waals surface area contributed by atoms with Gasteiger partial charge in [-0.2, -0.15) is 0 Å². The van der Waals surface area contributed by atoms with E-state index in [-0.39, 0.29) is 0 Å². The van der Waals surface area contributed by atoms with Crippen molar-refractivity contribution in [2.24, 2.45) is 11.7 Å². The summed E-state index contributed by atoms with van der Waals surface area (Å²) in [7, 11) is -3.09. The summed E-state index contributed by atoms with van der Waals surface area (Å²) in [5, 5.41) is 0. The maximum absolute atomic E-state index is 12.0. The van der Waals surface area contributed by atoms with Crippen LogP contribution in [0.1, 0.15) is 24.0 Å². The van der Waals surface area contributed by atoms with Crippen LogP contribution < -0.4 is 5.73 Å². The molecular formula is C12H17NO2S. The van der Waals surface area contributed by atoms with E-state index in [0.717, 1.165) is 24.0 Å². The molecule has 1 aliphatic rings. The molecule has 0 spiro atoms. The zero-order valence-electron chi connectivity index (χ0n) is 9.44. The molecule has 1 aromatic rings. The van der Waals surface area contributed by atoms with Gasteiger partial charge < -0.3 is 5.73 Å². The standard InChI is InChI=1S/C12H17NO2S/c1-9-6-12(5-4-11(9)7-13)16(14,15)8-10-2-3-10/h4-6,10H,2-3,7-8,13H2,1H3. The predicted octanol–water partition coefficient (Wildman–Crippen LogP) is 1.64. The van der Waals surface area contributed by atoms with Crippen molar-refractivity contribution in [1.29, 1.82) is 0 Å². The minimum absolute atomic E-state index is 0.300. The van der Waals surface area contributed by atoms with Crippen LogP contribution >= 0.6 is 0 Å². The summed E-state index contributed by atoms with van der Waals surface area (Å²) in [5.41, 5.74) is 7.51. The highest BCUT2D eigenvalue weighted by Crippen LogP contribution is 2.32. The van der Waals surface area contributed by atoms with Gasteiger partial charge in [0.1, 0.15) is 0 Å². The first-order valence-corrected chi connectivity index (χ1v) is 7.20. The van der Waals surface area contributed by atoms with Gasteiger partial charge in [0.25, 0.3) is 0 Å². The summed E-state index contributed by atoms with van der Waals surface area (Å²) in [4.78, 5) is 0.439. The molecular weight excluding hydrogens is 222 g/mol. The van der Waals surface area contributed by atoms with Crippen LogP contribution in [0, 0.1) is 12.8 Å². The van der Waals surface area contributed by atoms with Crippen molar-refractivity contribution >= 4 is 9.84 Å². The number of hydrogen-bond acceptors (Lipinski definition) is 3. The highest BCUT2D eigenvalue weighted by atomic mass is 32.2. The third kappa shape index (κ3) is 2.44. The van der Waals surface area contributed by atoms with Gasteiger partial charge in [-0.3, -0.25) is 0 Å². The van der Waals surface area contributed by atoms with E-state index < -0.39 is 9.84 Å². The minimum atomic E-state index is -3.09. The molecule has 0 heterocycles. The third-order valence-electron chi connectivity index (χ3n) is 3.05. The topological polar surface area (TPSA) is 60.2 Å². The van der Waals surface area contributed by atoms with Crippen LogP contribution in [-0.2, 0) is 16.4 Å². The first kappa shape index (κ1) is 11.6. The van der Waals surface area contributed by atoms with Gasteiger partial charge in [0.05, 0.1) is 10.6 Å². The van der Waals surface area contributed by atoms with Gasteiger partial charge in [-0.15, -0.1) is 0 Å². The molecule has 0 bridgehead atoms. The van der Waals surface area contributed by atoms with Crippen LogP contribution in [-0.4, -0.2) is 14.2 Å². The summed E-state index contributed by atoms with van der Waals surface area (Å²) in [6.07, 6.45) is 2.11. The van der Waals surface area contributed by atoms with E-state index in [1.165, 1.54) is 0 Å². The Balaban J connectivity index is 2.29. The fourth-order valence-corrected chi connectivity index (χ4v) is 3.56. The molecule has 2 rings (SSSR count). The lowest BCUT2D eigenvalue weighted by Gasteiger charge is -2.07. The van der Waals surface area contributed by atoms with Crippen LogP contribution in [0.5, 0.6) is 0 Å². The van der Waals surface area contributed by atoms with Crippen LogP contribution in [0.2, 0.25) is 0 Å². The molecule has 0 saturated heterocycles. The van der Waals surface area contributed by atoms with Gasteiger partial charge in [-0.05, 0) is 48.9 Å². The largest absolute Gasteiger partial charge is 0.326 e. The van der Waals surface area contributed by atoms with E-state index in [9.17, 15) is 8.42 Å². The quantitative estimate of drug-likeness (QED) is 0.869. The highest BCUT2D eigenvalue weighted by molar-refractivity contribution is 7.91. The Hall–Kier alpha value is -0.870. The first-order valence-electron chi connectivity index (χ1n) is 5.55. The second-order valence-corrected chi connectivity index (χ2v) is 6.55. The summed E-state index contributed by atoms with van der Waals surface area (Å²) in [6.45, 7) is 2.35. The molecule has 1 saturated carbocycles. The molecule has 1 aromatic carbocycles. The van der Waals surface area contributed by atoms with E-state index in [1.807, 2.05) is 13.0 Å². The number of sulfone groups is 1. The Bertz CT molecular complexity index is 490. The maximum atomic E-state index is 12.0. The fourth-order valence-electron chi connectivity index (χ4n) is 1.78. The Kier molecular flexibility index (Phi) is 3.04. The average molecular weight is 239 g/mol. The fraction of sp³-hybridized carbons (Fsp3) is 0.500. The van der Waals surface area contributed by atoms with E-state index >= 15 is 0 Å². The molecule has 3 nitrogen and oxygen atoms in total. The lowest BCUT2D eigenvalue weighted by atomic mass is 10.1. The molecule has 1 fully saturated rings. The molecule has 4 heteroatoms. The number of rotatable bonds is 4. The maximum Gasteiger partial charge on any atom is 0.178 e. The van der Waals surface area contributed by atoms with Gasteiger partial charge in [0, 0.05) is 6.54 Å². The van der Waals surface area contributed by atoms with Crippen LogP contribution in [0.3, 0.4) is 0 Å². The molecule has 1 aliphatic carbocycles. The summed E-state index contributed by atoms with van der Waals surface area (Å²) >= 11 is 0. The van der Waals surface area contributed by atoms with Crippen LogP contribution in [0.4, 0.5) is 0 Å². The number of hydrogen-bond donors (Lipinski definition) is 1. The lowest BCUT2D eigenvalue weighted by Crippen LogP contribution is -2.09. The number of nitrogens with two attached hydrogens (primary N) is 1. The molecule has 0 amide bonds. The zero-order chi connectivity index (χ0) is 11.8. The highest BCUT2D eigenvalue weighted by Gasteiger charge is 2.29. The number of benzene rings is 1. The second-order valence-electron chi connectivity index (χ2n) is 4.52. The number of aryl methyl sites for hydroxylation is 1. The van der Waals surface area contributed by atoms with Crippen molar-refractivity contribution < 1.29 is 8.42 Å². The summed E-state index contributed by atoms with van der Waals surface area (Å²) < 4.78 is 24.0. The molecule has 2 N–H and O–H groups in total. The van der Waals surface area contributed by atoms with E-state index in [2.05, 4.69) is 0 Å². The minimum Gasteiger partial charge on any atom is -0.326 e. The molecule has 0 radical (unpaired) electrons. The van der Waals surface area contributed by atoms with E-state index in [4.69, 9.17) is 5.73 Å². The zero-order valence-corrected chi connectivity index (χ0v) is 10.3. The second kappa shape index (κ2) is 4.18. The average Bonchev–Trinajstić information content (AvgIpc) is 3.01. The van der Waals surface area contributed by atoms with Gasteiger partial charge >= 0.3 is 0 Å². The molecule has 0 aliphatic heterocycles. The molecule has 0 atom stereocenters.